The third kappa shape index (κ3) is 5.73. The summed E-state index contributed by atoms with van der Waals surface area (Å²) in [5.74, 6) is 0.268. The molecule has 110 valence electrons. The topological polar surface area (TPSA) is 67.4 Å². The van der Waals surface area contributed by atoms with Crippen molar-refractivity contribution in [1.29, 1.82) is 0 Å². The van der Waals surface area contributed by atoms with Gasteiger partial charge in [0.05, 0.1) is 12.6 Å². The normalized spacial score (nSPS) is 10.2. The van der Waals surface area contributed by atoms with Crippen molar-refractivity contribution in [3.05, 3.63) is 29.8 Å². The van der Waals surface area contributed by atoms with E-state index in [4.69, 9.17) is 4.74 Å². The van der Waals surface area contributed by atoms with Crippen molar-refractivity contribution in [2.45, 2.75) is 33.3 Å². The van der Waals surface area contributed by atoms with Crippen LogP contribution in [0.3, 0.4) is 0 Å². The predicted molar refractivity (Wildman–Crippen MR) is 77.8 cm³/mol. The van der Waals surface area contributed by atoms with Gasteiger partial charge in [-0.2, -0.15) is 0 Å². The van der Waals surface area contributed by atoms with Crippen molar-refractivity contribution < 1.29 is 14.3 Å². The second-order valence-corrected chi connectivity index (χ2v) is 4.72. The van der Waals surface area contributed by atoms with Crippen LogP contribution in [0.15, 0.2) is 24.3 Å². The SMILES string of the molecule is CCCNC(=O)CNC(=O)c1ccc(OC(C)C)cc1. The van der Waals surface area contributed by atoms with Crippen LogP contribution in [0.2, 0.25) is 0 Å². The molecule has 2 N–H and O–H groups in total. The number of hydrogen-bond donors (Lipinski definition) is 2. The number of ether oxygens (including phenoxy) is 1. The van der Waals surface area contributed by atoms with E-state index in [9.17, 15) is 9.59 Å². The van der Waals surface area contributed by atoms with Crippen molar-refractivity contribution >= 4 is 11.8 Å². The molecule has 0 aromatic heterocycles. The highest BCUT2D eigenvalue weighted by molar-refractivity contribution is 5.96. The molecule has 0 saturated carbocycles. The van der Waals surface area contributed by atoms with Crippen LogP contribution in [0.5, 0.6) is 5.75 Å². The first-order valence-electron chi connectivity index (χ1n) is 6.84. The van der Waals surface area contributed by atoms with Crippen LogP contribution in [0.4, 0.5) is 0 Å². The minimum atomic E-state index is -0.271. The quantitative estimate of drug-likeness (QED) is 0.798. The molecule has 0 spiro atoms. The van der Waals surface area contributed by atoms with Gasteiger partial charge in [-0.1, -0.05) is 6.92 Å². The van der Waals surface area contributed by atoms with E-state index < -0.39 is 0 Å². The van der Waals surface area contributed by atoms with Gasteiger partial charge in [-0.25, -0.2) is 0 Å². The average molecular weight is 278 g/mol. The van der Waals surface area contributed by atoms with E-state index in [1.54, 1.807) is 24.3 Å². The minimum Gasteiger partial charge on any atom is -0.491 e. The molecule has 5 heteroatoms. The van der Waals surface area contributed by atoms with E-state index in [-0.39, 0.29) is 24.5 Å². The molecule has 0 aliphatic rings. The lowest BCUT2D eigenvalue weighted by molar-refractivity contribution is -0.120. The zero-order valence-electron chi connectivity index (χ0n) is 12.2. The summed E-state index contributed by atoms with van der Waals surface area (Å²) in [6.45, 7) is 6.46. The number of benzene rings is 1. The number of rotatable bonds is 7. The number of hydrogen-bond acceptors (Lipinski definition) is 3. The lowest BCUT2D eigenvalue weighted by Crippen LogP contribution is -2.37. The van der Waals surface area contributed by atoms with Crippen molar-refractivity contribution in [2.75, 3.05) is 13.1 Å². The lowest BCUT2D eigenvalue weighted by Gasteiger charge is -2.10. The molecule has 0 radical (unpaired) electrons. The molecule has 1 aromatic rings. The Morgan fingerprint density at radius 2 is 1.80 bits per heavy atom. The maximum Gasteiger partial charge on any atom is 0.251 e. The minimum absolute atomic E-state index is 0.0108. The van der Waals surface area contributed by atoms with E-state index in [1.165, 1.54) is 0 Å². The van der Waals surface area contributed by atoms with Crippen molar-refractivity contribution in [2.24, 2.45) is 0 Å². The van der Waals surface area contributed by atoms with Gasteiger partial charge in [-0.15, -0.1) is 0 Å². The van der Waals surface area contributed by atoms with Crippen LogP contribution < -0.4 is 15.4 Å². The first kappa shape index (κ1) is 16.0. The molecule has 0 bridgehead atoms. The second-order valence-electron chi connectivity index (χ2n) is 4.72. The molecule has 0 saturated heterocycles. The third-order valence-corrected chi connectivity index (χ3v) is 2.47. The van der Waals surface area contributed by atoms with E-state index in [1.807, 2.05) is 20.8 Å². The maximum atomic E-state index is 11.8. The fourth-order valence-electron chi connectivity index (χ4n) is 1.55. The molecule has 5 nitrogen and oxygen atoms in total. The highest BCUT2D eigenvalue weighted by Gasteiger charge is 2.08. The van der Waals surface area contributed by atoms with Crippen LogP contribution in [0, 0.1) is 0 Å². The molecule has 1 rings (SSSR count). The third-order valence-electron chi connectivity index (χ3n) is 2.47. The van der Waals surface area contributed by atoms with Crippen molar-refractivity contribution in [1.82, 2.24) is 10.6 Å². The summed E-state index contributed by atoms with van der Waals surface area (Å²) in [7, 11) is 0. The number of nitrogens with one attached hydrogen (secondary N) is 2. The monoisotopic (exact) mass is 278 g/mol. The molecule has 2 amide bonds. The summed E-state index contributed by atoms with van der Waals surface area (Å²) in [6.07, 6.45) is 0.966. The van der Waals surface area contributed by atoms with E-state index >= 15 is 0 Å². The predicted octanol–water partition coefficient (Wildman–Crippen LogP) is 1.73. The molecular formula is C15H22N2O3. The molecular weight excluding hydrogens is 256 g/mol. The Labute approximate surface area is 119 Å². The summed E-state index contributed by atoms with van der Waals surface area (Å²) in [5.41, 5.74) is 0.504. The van der Waals surface area contributed by atoms with Gasteiger partial charge in [0.15, 0.2) is 0 Å². The van der Waals surface area contributed by atoms with Crippen molar-refractivity contribution in [3.8, 4) is 5.75 Å². The van der Waals surface area contributed by atoms with Crippen LogP contribution in [-0.2, 0) is 4.79 Å². The molecule has 0 atom stereocenters. The van der Waals surface area contributed by atoms with Gasteiger partial charge >= 0.3 is 0 Å². The summed E-state index contributed by atoms with van der Waals surface area (Å²) >= 11 is 0. The van der Waals surface area contributed by atoms with Gasteiger partial charge < -0.3 is 15.4 Å². The van der Waals surface area contributed by atoms with Gasteiger partial charge in [0.25, 0.3) is 5.91 Å². The zero-order valence-corrected chi connectivity index (χ0v) is 12.2. The lowest BCUT2D eigenvalue weighted by atomic mass is 10.2. The number of carbonyl (C=O) groups is 2. The average Bonchev–Trinajstić information content (AvgIpc) is 2.42. The summed E-state index contributed by atoms with van der Waals surface area (Å²) < 4.78 is 5.50. The standard InChI is InChI=1S/C15H22N2O3/c1-4-9-16-14(18)10-17-15(19)12-5-7-13(8-6-12)20-11(2)3/h5-8,11H,4,9-10H2,1-3H3,(H,16,18)(H,17,19). The van der Waals surface area contributed by atoms with Gasteiger partial charge in [0, 0.05) is 12.1 Å². The molecule has 0 aliphatic heterocycles. The van der Waals surface area contributed by atoms with E-state index in [2.05, 4.69) is 10.6 Å². The van der Waals surface area contributed by atoms with Crippen LogP contribution in [-0.4, -0.2) is 31.0 Å². The molecule has 1 aromatic carbocycles. The Morgan fingerprint density at radius 3 is 2.35 bits per heavy atom. The summed E-state index contributed by atoms with van der Waals surface area (Å²) in [6, 6.07) is 6.84. The zero-order chi connectivity index (χ0) is 15.0. The first-order chi connectivity index (χ1) is 9.52. The molecule has 20 heavy (non-hydrogen) atoms. The van der Waals surface area contributed by atoms with Gasteiger partial charge in [-0.3, -0.25) is 9.59 Å². The Hall–Kier alpha value is -2.04. The highest BCUT2D eigenvalue weighted by atomic mass is 16.5. The first-order valence-corrected chi connectivity index (χ1v) is 6.84. The Kier molecular flexibility index (Phi) is 6.56. The fraction of sp³-hybridized carbons (Fsp3) is 0.467. The molecule has 0 unspecified atom stereocenters. The van der Waals surface area contributed by atoms with Gasteiger partial charge in [-0.05, 0) is 44.5 Å². The highest BCUT2D eigenvalue weighted by Crippen LogP contribution is 2.13. The number of amides is 2. The fourth-order valence-corrected chi connectivity index (χ4v) is 1.55. The number of carbonyl (C=O) groups excluding carboxylic acids is 2. The van der Waals surface area contributed by atoms with Gasteiger partial charge in [0.1, 0.15) is 5.75 Å². The summed E-state index contributed by atoms with van der Waals surface area (Å²) in [5, 5.41) is 5.27. The summed E-state index contributed by atoms with van der Waals surface area (Å²) in [4.78, 5) is 23.2. The largest absolute Gasteiger partial charge is 0.491 e. The van der Waals surface area contributed by atoms with E-state index in [0.717, 1.165) is 12.2 Å². The Morgan fingerprint density at radius 1 is 1.15 bits per heavy atom. The molecule has 0 fully saturated rings. The maximum absolute atomic E-state index is 11.8. The van der Waals surface area contributed by atoms with Crippen molar-refractivity contribution in [3.63, 3.8) is 0 Å². The Balaban J connectivity index is 2.45. The van der Waals surface area contributed by atoms with Crippen LogP contribution in [0.25, 0.3) is 0 Å². The molecule has 0 heterocycles. The van der Waals surface area contributed by atoms with Gasteiger partial charge in [0.2, 0.25) is 5.91 Å². The Bertz CT molecular complexity index is 441. The molecule has 0 aliphatic carbocycles. The smallest absolute Gasteiger partial charge is 0.251 e. The van der Waals surface area contributed by atoms with Crippen LogP contribution >= 0.6 is 0 Å². The second kappa shape index (κ2) is 8.19. The van der Waals surface area contributed by atoms with E-state index in [0.29, 0.717) is 12.1 Å². The van der Waals surface area contributed by atoms with Crippen LogP contribution in [0.1, 0.15) is 37.6 Å².